The number of hydrogen-bond acceptors (Lipinski definition) is 3. The van der Waals surface area contributed by atoms with E-state index < -0.39 is 20.4 Å². The quantitative estimate of drug-likeness (QED) is 0.262. The van der Waals surface area contributed by atoms with Crippen LogP contribution in [0, 0.1) is 0 Å². The molecule has 0 saturated heterocycles. The van der Waals surface area contributed by atoms with E-state index in [0.717, 1.165) is 32.1 Å². The summed E-state index contributed by atoms with van der Waals surface area (Å²) in [5, 5.41) is 0. The molecule has 0 spiro atoms. The maximum Gasteiger partial charge on any atom is 0.390 e. The van der Waals surface area contributed by atoms with E-state index in [2.05, 4.69) is 10.6 Å². The maximum atomic E-state index is 12.2. The van der Waals surface area contributed by atoms with E-state index in [4.69, 9.17) is 0 Å². The molecule has 0 aromatic carbocycles. The fourth-order valence-electron chi connectivity index (χ4n) is 2.27. The molecule has 0 saturated carbocycles. The molecule has 0 aliphatic heterocycles. The van der Waals surface area contributed by atoms with Gasteiger partial charge in [0.15, 0.2) is 0 Å². The van der Waals surface area contributed by atoms with Crippen LogP contribution in [-0.4, -0.2) is 40.8 Å². The molecule has 0 aliphatic carbocycles. The summed E-state index contributed by atoms with van der Waals surface area (Å²) in [5.74, 6) is 2.00. The molecule has 0 radical (unpaired) electrons. The summed E-state index contributed by atoms with van der Waals surface area (Å²) >= 11 is 0. The zero-order chi connectivity index (χ0) is 17.1. The zero-order valence-corrected chi connectivity index (χ0v) is 16.4. The third kappa shape index (κ3) is 9.16. The Morgan fingerprint density at radius 3 is 1.95 bits per heavy atom. The first-order chi connectivity index (χ1) is 10.3. The van der Waals surface area contributed by atoms with Gasteiger partial charge in [-0.3, -0.25) is 8.42 Å². The summed E-state index contributed by atoms with van der Waals surface area (Å²) < 4.78 is 28.5. The second-order valence-electron chi connectivity index (χ2n) is 5.78. The van der Waals surface area contributed by atoms with Crippen molar-refractivity contribution in [1.29, 1.82) is 0 Å². The molecule has 6 heteroatoms. The topological polar surface area (TPSA) is 64.0 Å². The van der Waals surface area contributed by atoms with Gasteiger partial charge >= 0.3 is 10.1 Å². The monoisotopic (exact) mass is 355 g/mol. The highest BCUT2D eigenvalue weighted by Crippen LogP contribution is 2.47. The van der Waals surface area contributed by atoms with Crippen LogP contribution in [0.1, 0.15) is 72.6 Å². The SMILES string of the molecule is CCCCCCC(=O)CS(CC)(CC)[OH+]S(=O)(=O)CCCC. The molecule has 134 valence electrons. The van der Waals surface area contributed by atoms with Crippen LogP contribution in [0.4, 0.5) is 0 Å². The Bertz CT molecular complexity index is 400. The van der Waals surface area contributed by atoms with E-state index in [9.17, 15) is 13.2 Å². The van der Waals surface area contributed by atoms with Crippen molar-refractivity contribution in [3.8, 4) is 0 Å². The van der Waals surface area contributed by atoms with Gasteiger partial charge in [0.05, 0.1) is 5.75 Å². The molecule has 0 aliphatic rings. The van der Waals surface area contributed by atoms with Gasteiger partial charge in [0, 0.05) is 17.9 Å². The summed E-state index contributed by atoms with van der Waals surface area (Å²) in [7, 11) is -5.11. The van der Waals surface area contributed by atoms with Crippen LogP contribution in [0.3, 0.4) is 0 Å². The average molecular weight is 356 g/mol. The summed E-state index contributed by atoms with van der Waals surface area (Å²) in [5.41, 5.74) is 0. The van der Waals surface area contributed by atoms with Crippen molar-refractivity contribution in [2.75, 3.05) is 23.0 Å². The molecule has 0 unspecified atom stereocenters. The number of unbranched alkanes of at least 4 members (excludes halogenated alkanes) is 4. The molecule has 22 heavy (non-hydrogen) atoms. The van der Waals surface area contributed by atoms with Crippen molar-refractivity contribution in [3.05, 3.63) is 0 Å². The highest BCUT2D eigenvalue weighted by molar-refractivity contribution is 8.32. The molecule has 0 aromatic rings. The number of rotatable bonds is 14. The molecule has 0 aromatic heterocycles. The summed E-state index contributed by atoms with van der Waals surface area (Å²) in [4.78, 5) is 12.2. The average Bonchev–Trinajstić information content (AvgIpc) is 2.48. The molecule has 0 bridgehead atoms. The van der Waals surface area contributed by atoms with Gasteiger partial charge in [-0.25, -0.2) is 0 Å². The lowest BCUT2D eigenvalue weighted by molar-refractivity contribution is -0.116. The Hall–Kier alpha value is -0.0700. The Balaban J connectivity index is 4.64. The Kier molecular flexibility index (Phi) is 11.4. The van der Waals surface area contributed by atoms with Crippen LogP contribution in [0.2, 0.25) is 0 Å². The van der Waals surface area contributed by atoms with Gasteiger partial charge in [-0.1, -0.05) is 53.4 Å². The van der Waals surface area contributed by atoms with Crippen molar-refractivity contribution < 1.29 is 16.8 Å². The first-order valence-electron chi connectivity index (χ1n) is 8.59. The van der Waals surface area contributed by atoms with Crippen LogP contribution in [0.25, 0.3) is 0 Å². The highest BCUT2D eigenvalue weighted by atomic mass is 32.3. The van der Waals surface area contributed by atoms with Crippen molar-refractivity contribution in [3.63, 3.8) is 0 Å². The van der Waals surface area contributed by atoms with E-state index in [-0.39, 0.29) is 11.5 Å². The molecule has 1 N–H and O–H groups in total. The lowest BCUT2D eigenvalue weighted by Crippen LogP contribution is -2.27. The van der Waals surface area contributed by atoms with E-state index in [1.807, 2.05) is 20.8 Å². The number of hydrogen-bond donors (Lipinski definition) is 0. The van der Waals surface area contributed by atoms with Crippen molar-refractivity contribution >= 4 is 26.2 Å². The molecular formula is C16H35O4S2+. The fourth-order valence-corrected chi connectivity index (χ4v) is 7.76. The Labute approximate surface area is 139 Å². The van der Waals surface area contributed by atoms with Crippen LogP contribution in [0.5, 0.6) is 0 Å². The summed E-state index contributed by atoms with van der Waals surface area (Å²) in [6.07, 6.45) is 6.35. The van der Waals surface area contributed by atoms with Crippen LogP contribution < -0.4 is 0 Å². The number of Topliss-reactive ketones (excluding diaryl/α,β-unsaturated/α-hetero) is 1. The maximum absolute atomic E-state index is 12.2. The van der Waals surface area contributed by atoms with E-state index >= 15 is 0 Å². The molecule has 0 amide bonds. The van der Waals surface area contributed by atoms with Crippen molar-refractivity contribution in [2.45, 2.75) is 72.6 Å². The first-order valence-corrected chi connectivity index (χ1v) is 12.3. The fraction of sp³-hybridized carbons (Fsp3) is 0.938. The number of carbonyl (C=O) groups excluding carboxylic acids is 1. The third-order valence-corrected chi connectivity index (χ3v) is 9.83. The second kappa shape index (κ2) is 11.5. The van der Waals surface area contributed by atoms with Gasteiger partial charge in [-0.2, -0.15) is 8.42 Å². The molecule has 0 rings (SSSR count). The van der Waals surface area contributed by atoms with Crippen molar-refractivity contribution in [2.24, 2.45) is 0 Å². The van der Waals surface area contributed by atoms with Gasteiger partial charge in [-0.15, -0.1) is 0 Å². The largest absolute Gasteiger partial charge is 0.390 e. The standard InChI is InChI=1S/C16H34O4S2/c1-5-9-11-12-13-16(17)15-21(7-3,8-4)20-22(18,19)14-10-6-2/h5-15H2,1-4H3/p+1. The molecule has 0 fully saturated rings. The minimum atomic E-state index is -3.39. The molecule has 0 heterocycles. The smallest absolute Gasteiger partial charge is 0.299 e. The van der Waals surface area contributed by atoms with Crippen LogP contribution in [0.15, 0.2) is 0 Å². The predicted molar refractivity (Wildman–Crippen MR) is 98.6 cm³/mol. The van der Waals surface area contributed by atoms with Gasteiger partial charge in [0.2, 0.25) is 0 Å². The van der Waals surface area contributed by atoms with E-state index in [1.54, 1.807) is 0 Å². The lowest BCUT2D eigenvalue weighted by atomic mass is 10.1. The van der Waals surface area contributed by atoms with Crippen LogP contribution >= 0.6 is 10.3 Å². The van der Waals surface area contributed by atoms with Gasteiger partial charge in [-0.05, 0) is 23.2 Å². The van der Waals surface area contributed by atoms with Gasteiger partial charge < -0.3 is 0 Å². The number of carbonyl (C=O) groups is 1. The zero-order valence-electron chi connectivity index (χ0n) is 14.8. The van der Waals surface area contributed by atoms with Gasteiger partial charge in [0.1, 0.15) is 11.5 Å². The first kappa shape index (κ1) is 21.9. The lowest BCUT2D eigenvalue weighted by Gasteiger charge is -2.31. The summed E-state index contributed by atoms with van der Waals surface area (Å²) in [6, 6.07) is 0. The highest BCUT2D eigenvalue weighted by Gasteiger charge is 2.35. The Morgan fingerprint density at radius 1 is 0.864 bits per heavy atom. The third-order valence-electron chi connectivity index (χ3n) is 3.84. The van der Waals surface area contributed by atoms with Crippen molar-refractivity contribution in [1.82, 2.24) is 0 Å². The second-order valence-corrected chi connectivity index (χ2v) is 11.4. The van der Waals surface area contributed by atoms with Crippen LogP contribution in [-0.2, 0) is 14.9 Å². The minimum Gasteiger partial charge on any atom is -0.299 e. The molecule has 0 atom stereocenters. The minimum absolute atomic E-state index is 0.114. The molecular weight excluding hydrogens is 320 g/mol. The van der Waals surface area contributed by atoms with E-state index in [0.29, 0.717) is 30.1 Å². The van der Waals surface area contributed by atoms with E-state index in [1.165, 1.54) is 0 Å². The Morgan fingerprint density at radius 2 is 1.45 bits per heavy atom. The number of ketones is 1. The normalized spacial score (nSPS) is 13.3. The molecule has 4 nitrogen and oxygen atoms in total. The predicted octanol–water partition coefficient (Wildman–Crippen LogP) is 4.51. The van der Waals surface area contributed by atoms with Gasteiger partial charge in [0.25, 0.3) is 0 Å². The summed E-state index contributed by atoms with van der Waals surface area (Å²) in [6.45, 7) is 8.03.